The van der Waals surface area contributed by atoms with Crippen molar-refractivity contribution in [1.82, 2.24) is 8.43 Å². The number of rotatable bonds is 5. The molecule has 0 aliphatic heterocycles. The van der Waals surface area contributed by atoms with Crippen LogP contribution in [0.2, 0.25) is 0 Å². The van der Waals surface area contributed by atoms with Gasteiger partial charge in [0, 0.05) is 26.0 Å². The molecule has 0 aromatic rings. The van der Waals surface area contributed by atoms with E-state index in [-0.39, 0.29) is 0 Å². The molecule has 0 saturated carbocycles. The predicted octanol–water partition coefficient (Wildman–Crippen LogP) is 2.13. The fraction of sp³-hybridized carbons (Fsp3) is 0.714. The van der Waals surface area contributed by atoms with E-state index in [1.54, 1.807) is 0 Å². The van der Waals surface area contributed by atoms with Crippen LogP contribution in [-0.2, 0) is 0 Å². The maximum Gasteiger partial charge on any atom is 0.0555 e. The SMILES string of the molecule is CCCCN(C)/C=C\NI. The third-order valence-electron chi connectivity index (χ3n) is 1.26. The van der Waals surface area contributed by atoms with Crippen molar-refractivity contribution >= 4 is 22.9 Å². The molecular formula is C7H15IN2. The quantitative estimate of drug-likeness (QED) is 0.597. The van der Waals surface area contributed by atoms with Crippen LogP contribution in [0.15, 0.2) is 12.4 Å². The molecule has 0 fully saturated rings. The van der Waals surface area contributed by atoms with Gasteiger partial charge in [0.25, 0.3) is 0 Å². The maximum atomic E-state index is 2.92. The molecule has 0 aliphatic rings. The highest BCUT2D eigenvalue weighted by atomic mass is 127. The molecule has 60 valence electrons. The van der Waals surface area contributed by atoms with Gasteiger partial charge in [-0.05, 0) is 6.42 Å². The molecule has 0 aromatic carbocycles. The maximum absolute atomic E-state index is 2.92. The van der Waals surface area contributed by atoms with Gasteiger partial charge < -0.3 is 8.43 Å². The molecule has 2 nitrogen and oxygen atoms in total. The number of nitrogens with zero attached hydrogens (tertiary/aromatic N) is 1. The minimum absolute atomic E-state index is 1.14. The van der Waals surface area contributed by atoms with Crippen LogP contribution in [-0.4, -0.2) is 18.5 Å². The fourth-order valence-electron chi connectivity index (χ4n) is 0.637. The molecular weight excluding hydrogens is 239 g/mol. The van der Waals surface area contributed by atoms with Gasteiger partial charge in [0.15, 0.2) is 0 Å². The molecule has 0 unspecified atom stereocenters. The monoisotopic (exact) mass is 254 g/mol. The zero-order valence-corrected chi connectivity index (χ0v) is 8.76. The third-order valence-corrected chi connectivity index (χ3v) is 1.62. The van der Waals surface area contributed by atoms with Gasteiger partial charge in [-0.2, -0.15) is 0 Å². The summed E-state index contributed by atoms with van der Waals surface area (Å²) >= 11 is 2.10. The van der Waals surface area contributed by atoms with Gasteiger partial charge in [0.1, 0.15) is 0 Å². The third kappa shape index (κ3) is 6.19. The lowest BCUT2D eigenvalue weighted by molar-refractivity contribution is 0.440. The van der Waals surface area contributed by atoms with Crippen LogP contribution in [0.1, 0.15) is 19.8 Å². The molecule has 0 bridgehead atoms. The molecule has 0 amide bonds. The summed E-state index contributed by atoms with van der Waals surface area (Å²) in [4.78, 5) is 2.18. The van der Waals surface area contributed by atoms with Gasteiger partial charge in [0.05, 0.1) is 22.9 Å². The molecule has 10 heavy (non-hydrogen) atoms. The fourth-order valence-corrected chi connectivity index (χ4v) is 0.798. The Kier molecular flexibility index (Phi) is 7.23. The number of hydrogen-bond acceptors (Lipinski definition) is 2. The Labute approximate surface area is 77.2 Å². The zero-order chi connectivity index (χ0) is 7.82. The summed E-state index contributed by atoms with van der Waals surface area (Å²) < 4.78 is 2.92. The number of nitrogens with one attached hydrogen (secondary N) is 1. The summed E-state index contributed by atoms with van der Waals surface area (Å²) in [6.45, 7) is 3.35. The van der Waals surface area contributed by atoms with Gasteiger partial charge in [-0.15, -0.1) is 0 Å². The highest BCUT2D eigenvalue weighted by Gasteiger charge is 1.87. The van der Waals surface area contributed by atoms with Gasteiger partial charge in [0.2, 0.25) is 0 Å². The van der Waals surface area contributed by atoms with E-state index < -0.39 is 0 Å². The lowest BCUT2D eigenvalue weighted by Gasteiger charge is -2.11. The van der Waals surface area contributed by atoms with E-state index in [0.29, 0.717) is 0 Å². The molecule has 0 atom stereocenters. The second kappa shape index (κ2) is 7.18. The first-order chi connectivity index (χ1) is 4.81. The van der Waals surface area contributed by atoms with E-state index >= 15 is 0 Å². The molecule has 3 heteroatoms. The Balaban J connectivity index is 3.24. The minimum Gasteiger partial charge on any atom is -0.379 e. The van der Waals surface area contributed by atoms with Crippen molar-refractivity contribution in [3.63, 3.8) is 0 Å². The summed E-state index contributed by atoms with van der Waals surface area (Å²) in [5.74, 6) is 0. The van der Waals surface area contributed by atoms with Crippen LogP contribution in [0.3, 0.4) is 0 Å². The number of unbranched alkanes of at least 4 members (excludes halogenated alkanes) is 1. The van der Waals surface area contributed by atoms with E-state index in [2.05, 4.69) is 45.3 Å². The topological polar surface area (TPSA) is 15.3 Å². The normalized spacial score (nSPS) is 10.3. The van der Waals surface area contributed by atoms with Gasteiger partial charge in [-0.25, -0.2) is 0 Å². The molecule has 0 aromatic heterocycles. The van der Waals surface area contributed by atoms with Crippen molar-refractivity contribution < 1.29 is 0 Å². The smallest absolute Gasteiger partial charge is 0.0555 e. The largest absolute Gasteiger partial charge is 0.379 e. The van der Waals surface area contributed by atoms with Crippen LogP contribution >= 0.6 is 22.9 Å². The summed E-state index contributed by atoms with van der Waals surface area (Å²) in [5, 5.41) is 0. The Hall–Kier alpha value is 0.0700. The molecule has 0 aliphatic carbocycles. The number of halogens is 1. The van der Waals surface area contributed by atoms with Gasteiger partial charge in [-0.1, -0.05) is 13.3 Å². The molecule has 0 heterocycles. The van der Waals surface area contributed by atoms with E-state index in [1.165, 1.54) is 12.8 Å². The second-order valence-corrected chi connectivity index (χ2v) is 2.88. The Bertz CT molecular complexity index is 93.6. The standard InChI is InChI=1S/C7H15IN2/c1-3-4-6-10(2)7-5-9-8/h5,7,9H,3-4,6H2,1-2H3/b7-5-. The Morgan fingerprint density at radius 2 is 2.30 bits per heavy atom. The van der Waals surface area contributed by atoms with Crippen molar-refractivity contribution in [2.24, 2.45) is 0 Å². The summed E-state index contributed by atoms with van der Waals surface area (Å²) in [6.07, 6.45) is 6.50. The summed E-state index contributed by atoms with van der Waals surface area (Å²) in [7, 11) is 2.08. The van der Waals surface area contributed by atoms with Gasteiger partial charge in [-0.3, -0.25) is 0 Å². The van der Waals surface area contributed by atoms with Crippen LogP contribution in [0, 0.1) is 0 Å². The molecule has 0 radical (unpaired) electrons. The van der Waals surface area contributed by atoms with Crippen LogP contribution in [0.4, 0.5) is 0 Å². The summed E-state index contributed by atoms with van der Waals surface area (Å²) in [5.41, 5.74) is 0. The first-order valence-electron chi connectivity index (χ1n) is 3.54. The van der Waals surface area contributed by atoms with E-state index in [4.69, 9.17) is 0 Å². The van der Waals surface area contributed by atoms with Crippen LogP contribution < -0.4 is 3.53 Å². The second-order valence-electron chi connectivity index (χ2n) is 2.26. The van der Waals surface area contributed by atoms with Crippen molar-refractivity contribution in [1.29, 1.82) is 0 Å². The first kappa shape index (κ1) is 10.1. The average Bonchev–Trinajstić information content (AvgIpc) is 1.97. The van der Waals surface area contributed by atoms with E-state index in [9.17, 15) is 0 Å². The minimum atomic E-state index is 1.14. The lowest BCUT2D eigenvalue weighted by Crippen LogP contribution is -2.12. The van der Waals surface area contributed by atoms with Gasteiger partial charge >= 0.3 is 0 Å². The molecule has 1 N–H and O–H groups in total. The highest BCUT2D eigenvalue weighted by molar-refractivity contribution is 14.1. The van der Waals surface area contributed by atoms with Crippen LogP contribution in [0.25, 0.3) is 0 Å². The van der Waals surface area contributed by atoms with E-state index in [0.717, 1.165) is 6.54 Å². The first-order valence-corrected chi connectivity index (χ1v) is 4.62. The van der Waals surface area contributed by atoms with Crippen molar-refractivity contribution in [3.05, 3.63) is 12.4 Å². The Morgan fingerprint density at radius 3 is 2.80 bits per heavy atom. The van der Waals surface area contributed by atoms with Crippen LogP contribution in [0.5, 0.6) is 0 Å². The molecule has 0 saturated heterocycles. The average molecular weight is 254 g/mol. The predicted molar refractivity (Wildman–Crippen MR) is 53.8 cm³/mol. The molecule has 0 spiro atoms. The number of hydrogen-bond donors (Lipinski definition) is 1. The van der Waals surface area contributed by atoms with Crippen molar-refractivity contribution in [2.45, 2.75) is 19.8 Å². The van der Waals surface area contributed by atoms with Crippen molar-refractivity contribution in [3.8, 4) is 0 Å². The zero-order valence-electron chi connectivity index (χ0n) is 6.60. The highest BCUT2D eigenvalue weighted by Crippen LogP contribution is 1.91. The molecule has 0 rings (SSSR count). The summed E-state index contributed by atoms with van der Waals surface area (Å²) in [6, 6.07) is 0. The Morgan fingerprint density at radius 1 is 1.60 bits per heavy atom. The lowest BCUT2D eigenvalue weighted by atomic mass is 10.3. The van der Waals surface area contributed by atoms with Crippen molar-refractivity contribution in [2.75, 3.05) is 13.6 Å². The van der Waals surface area contributed by atoms with E-state index in [1.807, 2.05) is 12.4 Å².